The molecule has 1 aromatic rings. The lowest BCUT2D eigenvalue weighted by Crippen LogP contribution is -2.49. The largest absolute Gasteiger partial charge is 0.386 e. The van der Waals surface area contributed by atoms with Gasteiger partial charge < -0.3 is 9.57 Å². The van der Waals surface area contributed by atoms with E-state index in [2.05, 4.69) is 15.6 Å². The van der Waals surface area contributed by atoms with Gasteiger partial charge in [-0.1, -0.05) is 16.8 Å². The molecule has 0 radical (unpaired) electrons. The second kappa shape index (κ2) is 7.78. The van der Waals surface area contributed by atoms with E-state index in [1.807, 2.05) is 0 Å². The van der Waals surface area contributed by atoms with Gasteiger partial charge in [-0.25, -0.2) is 9.99 Å². The Morgan fingerprint density at radius 1 is 1.60 bits per heavy atom. The van der Waals surface area contributed by atoms with E-state index < -0.39 is 0 Å². The summed E-state index contributed by atoms with van der Waals surface area (Å²) in [6.45, 7) is 2.39. The Bertz CT molecular complexity index is 478. The first-order valence-corrected chi connectivity index (χ1v) is 6.51. The Balaban J connectivity index is 1.70. The van der Waals surface area contributed by atoms with Crippen LogP contribution in [0, 0.1) is 0 Å². The SMILES string of the molecule is O=C(CON=Cc1cccnc1Cl)NN1CCOCC1. The maximum atomic E-state index is 11.6. The summed E-state index contributed by atoms with van der Waals surface area (Å²) < 4.78 is 5.17. The van der Waals surface area contributed by atoms with Crippen molar-refractivity contribution in [2.24, 2.45) is 5.16 Å². The van der Waals surface area contributed by atoms with E-state index >= 15 is 0 Å². The standard InChI is InChI=1S/C12H15ClN4O3/c13-12-10(2-1-3-14-12)8-15-20-9-11(18)16-17-4-6-19-7-5-17/h1-3,8H,4-7,9H2,(H,16,18). The molecule has 1 saturated heterocycles. The molecule has 2 rings (SSSR count). The van der Waals surface area contributed by atoms with Crippen LogP contribution in [0.1, 0.15) is 5.56 Å². The first kappa shape index (κ1) is 14.7. The molecule has 1 aliphatic rings. The highest BCUT2D eigenvalue weighted by Crippen LogP contribution is 2.08. The summed E-state index contributed by atoms with van der Waals surface area (Å²) in [5, 5.41) is 5.80. The van der Waals surface area contributed by atoms with E-state index in [0.29, 0.717) is 37.0 Å². The van der Waals surface area contributed by atoms with Gasteiger partial charge in [-0.15, -0.1) is 0 Å². The number of carbonyl (C=O) groups is 1. The van der Waals surface area contributed by atoms with Crippen LogP contribution in [-0.2, 0) is 14.4 Å². The van der Waals surface area contributed by atoms with Crippen molar-refractivity contribution in [2.45, 2.75) is 0 Å². The van der Waals surface area contributed by atoms with Crippen LogP contribution in [-0.4, -0.2) is 55.0 Å². The smallest absolute Gasteiger partial charge is 0.275 e. The number of nitrogens with one attached hydrogen (secondary N) is 1. The molecule has 0 aromatic carbocycles. The topological polar surface area (TPSA) is 76.0 Å². The van der Waals surface area contributed by atoms with Gasteiger partial charge in [0.2, 0.25) is 0 Å². The number of morpholine rings is 1. The molecule has 108 valence electrons. The monoisotopic (exact) mass is 298 g/mol. The van der Waals surface area contributed by atoms with Crippen LogP contribution in [0.2, 0.25) is 5.15 Å². The third-order valence-electron chi connectivity index (χ3n) is 2.54. The molecule has 1 aromatic heterocycles. The van der Waals surface area contributed by atoms with Crippen molar-refractivity contribution < 1.29 is 14.4 Å². The molecule has 7 nitrogen and oxygen atoms in total. The molecule has 1 amide bonds. The number of carbonyl (C=O) groups excluding carboxylic acids is 1. The van der Waals surface area contributed by atoms with Crippen LogP contribution < -0.4 is 5.43 Å². The van der Waals surface area contributed by atoms with Crippen LogP contribution in [0.25, 0.3) is 0 Å². The first-order chi connectivity index (χ1) is 9.75. The second-order valence-electron chi connectivity index (χ2n) is 4.03. The number of nitrogens with zero attached hydrogens (tertiary/aromatic N) is 3. The van der Waals surface area contributed by atoms with Gasteiger partial charge in [-0.3, -0.25) is 10.2 Å². The first-order valence-electron chi connectivity index (χ1n) is 6.14. The lowest BCUT2D eigenvalue weighted by molar-refractivity contribution is -0.132. The van der Waals surface area contributed by atoms with Gasteiger partial charge in [0.05, 0.1) is 19.4 Å². The van der Waals surface area contributed by atoms with Crippen molar-refractivity contribution >= 4 is 23.7 Å². The number of ether oxygens (including phenoxy) is 1. The molecule has 8 heteroatoms. The fourth-order valence-electron chi connectivity index (χ4n) is 1.57. The predicted octanol–water partition coefficient (Wildman–Crippen LogP) is 0.449. The zero-order valence-corrected chi connectivity index (χ0v) is 11.5. The minimum atomic E-state index is -0.263. The van der Waals surface area contributed by atoms with Crippen molar-refractivity contribution in [2.75, 3.05) is 32.9 Å². The maximum Gasteiger partial charge on any atom is 0.275 e. The van der Waals surface area contributed by atoms with Crippen molar-refractivity contribution in [3.8, 4) is 0 Å². The van der Waals surface area contributed by atoms with Crippen molar-refractivity contribution in [3.05, 3.63) is 29.0 Å². The fourth-order valence-corrected chi connectivity index (χ4v) is 1.74. The summed E-state index contributed by atoms with van der Waals surface area (Å²) in [6, 6.07) is 3.48. The number of aromatic nitrogens is 1. The summed E-state index contributed by atoms with van der Waals surface area (Å²) in [5.41, 5.74) is 3.33. The van der Waals surface area contributed by atoms with Crippen LogP contribution in [0.15, 0.2) is 23.5 Å². The number of pyridine rings is 1. The molecule has 0 aliphatic carbocycles. The van der Waals surface area contributed by atoms with Crippen molar-refractivity contribution in [3.63, 3.8) is 0 Å². The summed E-state index contributed by atoms with van der Waals surface area (Å²) in [5.74, 6) is -0.263. The van der Waals surface area contributed by atoms with Gasteiger partial charge in [0.15, 0.2) is 6.61 Å². The Morgan fingerprint density at radius 2 is 2.40 bits per heavy atom. The van der Waals surface area contributed by atoms with Gasteiger partial charge in [0.1, 0.15) is 5.15 Å². The van der Waals surface area contributed by atoms with Gasteiger partial charge in [0, 0.05) is 24.8 Å². The normalized spacial score (nSPS) is 16.2. The summed E-state index contributed by atoms with van der Waals surface area (Å²) in [4.78, 5) is 20.4. The molecular weight excluding hydrogens is 284 g/mol. The minimum Gasteiger partial charge on any atom is -0.386 e. The second-order valence-corrected chi connectivity index (χ2v) is 4.38. The molecule has 0 saturated carbocycles. The van der Waals surface area contributed by atoms with E-state index in [-0.39, 0.29) is 12.5 Å². The highest BCUT2D eigenvalue weighted by molar-refractivity contribution is 6.31. The van der Waals surface area contributed by atoms with E-state index in [0.717, 1.165) is 0 Å². The quantitative estimate of drug-likeness (QED) is 0.485. The van der Waals surface area contributed by atoms with E-state index in [1.165, 1.54) is 6.21 Å². The van der Waals surface area contributed by atoms with Crippen LogP contribution in [0.4, 0.5) is 0 Å². The molecule has 1 fully saturated rings. The summed E-state index contributed by atoms with van der Waals surface area (Å²) >= 11 is 5.84. The lowest BCUT2D eigenvalue weighted by Gasteiger charge is -2.26. The number of hydrogen-bond donors (Lipinski definition) is 1. The van der Waals surface area contributed by atoms with Gasteiger partial charge in [-0.05, 0) is 12.1 Å². The molecule has 0 atom stereocenters. The molecule has 20 heavy (non-hydrogen) atoms. The highest BCUT2D eigenvalue weighted by atomic mass is 35.5. The Kier molecular flexibility index (Phi) is 5.72. The average Bonchev–Trinajstić information content (AvgIpc) is 2.46. The average molecular weight is 299 g/mol. The fraction of sp³-hybridized carbons (Fsp3) is 0.417. The van der Waals surface area contributed by atoms with Gasteiger partial charge in [-0.2, -0.15) is 0 Å². The molecule has 0 bridgehead atoms. The van der Waals surface area contributed by atoms with Crippen LogP contribution in [0.5, 0.6) is 0 Å². The molecule has 0 unspecified atom stereocenters. The van der Waals surface area contributed by atoms with Gasteiger partial charge >= 0.3 is 0 Å². The van der Waals surface area contributed by atoms with E-state index in [1.54, 1.807) is 23.3 Å². The number of amides is 1. The van der Waals surface area contributed by atoms with Crippen molar-refractivity contribution in [1.29, 1.82) is 0 Å². The number of hydrazine groups is 1. The zero-order chi connectivity index (χ0) is 14.2. The van der Waals surface area contributed by atoms with Gasteiger partial charge in [0.25, 0.3) is 5.91 Å². The third-order valence-corrected chi connectivity index (χ3v) is 2.86. The summed E-state index contributed by atoms with van der Waals surface area (Å²) in [7, 11) is 0. The Labute approximate surface area is 121 Å². The van der Waals surface area contributed by atoms with E-state index in [9.17, 15) is 4.79 Å². The molecule has 0 spiro atoms. The minimum absolute atomic E-state index is 0.161. The number of hydrogen-bond acceptors (Lipinski definition) is 6. The lowest BCUT2D eigenvalue weighted by atomic mass is 10.3. The van der Waals surface area contributed by atoms with Crippen molar-refractivity contribution in [1.82, 2.24) is 15.4 Å². The number of oxime groups is 1. The molecule has 1 N–H and O–H groups in total. The maximum absolute atomic E-state index is 11.6. The van der Waals surface area contributed by atoms with Crippen LogP contribution in [0.3, 0.4) is 0 Å². The third kappa shape index (κ3) is 4.76. The highest BCUT2D eigenvalue weighted by Gasteiger charge is 2.12. The number of halogens is 1. The number of rotatable bonds is 5. The predicted molar refractivity (Wildman–Crippen MR) is 73.3 cm³/mol. The Morgan fingerprint density at radius 3 is 3.15 bits per heavy atom. The van der Waals surface area contributed by atoms with Crippen LogP contribution >= 0.6 is 11.6 Å². The zero-order valence-electron chi connectivity index (χ0n) is 10.8. The molecular formula is C12H15ClN4O3. The summed E-state index contributed by atoms with van der Waals surface area (Å²) in [6.07, 6.45) is 2.99. The van der Waals surface area contributed by atoms with E-state index in [4.69, 9.17) is 21.2 Å². The molecule has 2 heterocycles. The Hall–Kier alpha value is -1.70. The molecule has 1 aliphatic heterocycles.